The highest BCUT2D eigenvalue weighted by Gasteiger charge is 2.26. The van der Waals surface area contributed by atoms with Crippen LogP contribution in [0.3, 0.4) is 0 Å². The Labute approximate surface area is 131 Å². The van der Waals surface area contributed by atoms with E-state index in [4.69, 9.17) is 16.3 Å². The molecule has 4 nitrogen and oxygen atoms in total. The molecule has 0 aromatic heterocycles. The van der Waals surface area contributed by atoms with Gasteiger partial charge in [-0.1, -0.05) is 30.7 Å². The maximum absolute atomic E-state index is 11.9. The molecule has 1 fully saturated rings. The SMILES string of the molecule is CC1(CNC(=O)CCOc2ccccc2Cl)CCNCC1. The lowest BCUT2D eigenvalue weighted by molar-refractivity contribution is -0.122. The summed E-state index contributed by atoms with van der Waals surface area (Å²) < 4.78 is 5.52. The van der Waals surface area contributed by atoms with Crippen molar-refractivity contribution in [2.75, 3.05) is 26.2 Å². The van der Waals surface area contributed by atoms with Crippen molar-refractivity contribution < 1.29 is 9.53 Å². The highest BCUT2D eigenvalue weighted by molar-refractivity contribution is 6.32. The zero-order valence-electron chi connectivity index (χ0n) is 12.5. The van der Waals surface area contributed by atoms with E-state index in [0.717, 1.165) is 32.5 Å². The number of nitrogens with one attached hydrogen (secondary N) is 2. The van der Waals surface area contributed by atoms with Gasteiger partial charge in [-0.05, 0) is 43.5 Å². The Morgan fingerprint density at radius 2 is 2.10 bits per heavy atom. The zero-order valence-corrected chi connectivity index (χ0v) is 13.2. The number of amides is 1. The van der Waals surface area contributed by atoms with Gasteiger partial charge in [-0.15, -0.1) is 0 Å². The molecule has 0 spiro atoms. The second-order valence-electron chi connectivity index (χ2n) is 5.87. The van der Waals surface area contributed by atoms with Crippen molar-refractivity contribution in [3.8, 4) is 5.75 Å². The number of piperidine rings is 1. The van der Waals surface area contributed by atoms with E-state index < -0.39 is 0 Å². The van der Waals surface area contributed by atoms with Crippen LogP contribution in [0, 0.1) is 5.41 Å². The second kappa shape index (κ2) is 7.66. The molecule has 1 aliphatic rings. The van der Waals surface area contributed by atoms with Crippen LogP contribution < -0.4 is 15.4 Å². The molecule has 0 atom stereocenters. The van der Waals surface area contributed by atoms with Gasteiger partial charge in [0.2, 0.25) is 5.91 Å². The fraction of sp³-hybridized carbons (Fsp3) is 0.562. The minimum atomic E-state index is 0.0295. The van der Waals surface area contributed by atoms with Crippen molar-refractivity contribution in [3.63, 3.8) is 0 Å². The molecule has 0 bridgehead atoms. The van der Waals surface area contributed by atoms with Gasteiger partial charge in [-0.3, -0.25) is 4.79 Å². The van der Waals surface area contributed by atoms with Crippen LogP contribution in [0.2, 0.25) is 5.02 Å². The van der Waals surface area contributed by atoms with Gasteiger partial charge < -0.3 is 15.4 Å². The lowest BCUT2D eigenvalue weighted by Crippen LogP contribution is -2.43. The average Bonchev–Trinajstić information content (AvgIpc) is 2.48. The molecule has 2 rings (SSSR count). The van der Waals surface area contributed by atoms with Gasteiger partial charge in [0.05, 0.1) is 18.1 Å². The Morgan fingerprint density at radius 3 is 2.81 bits per heavy atom. The molecule has 1 aromatic carbocycles. The minimum Gasteiger partial charge on any atom is -0.491 e. The Bertz CT molecular complexity index is 473. The maximum Gasteiger partial charge on any atom is 0.223 e. The Morgan fingerprint density at radius 1 is 1.38 bits per heavy atom. The molecule has 0 saturated carbocycles. The molecule has 1 aliphatic heterocycles. The van der Waals surface area contributed by atoms with Crippen molar-refractivity contribution in [1.29, 1.82) is 0 Å². The third-order valence-electron chi connectivity index (χ3n) is 3.95. The van der Waals surface area contributed by atoms with Crippen molar-refractivity contribution in [3.05, 3.63) is 29.3 Å². The molecule has 5 heteroatoms. The summed E-state index contributed by atoms with van der Waals surface area (Å²) in [5.41, 5.74) is 0.213. The molecule has 21 heavy (non-hydrogen) atoms. The molecule has 1 aromatic rings. The first-order chi connectivity index (χ1) is 10.1. The number of carbonyl (C=O) groups is 1. The Kier molecular flexibility index (Phi) is 5.88. The van der Waals surface area contributed by atoms with E-state index in [1.807, 2.05) is 12.1 Å². The minimum absolute atomic E-state index is 0.0295. The number of carbonyl (C=O) groups excluding carboxylic acids is 1. The first kappa shape index (κ1) is 16.1. The normalized spacial score (nSPS) is 17.2. The molecule has 1 saturated heterocycles. The number of hydrogen-bond donors (Lipinski definition) is 2. The summed E-state index contributed by atoms with van der Waals surface area (Å²) in [6.07, 6.45) is 2.55. The molecule has 1 amide bonds. The summed E-state index contributed by atoms with van der Waals surface area (Å²) in [5, 5.41) is 6.92. The molecule has 2 N–H and O–H groups in total. The summed E-state index contributed by atoms with van der Waals surface area (Å²) in [4.78, 5) is 11.9. The largest absolute Gasteiger partial charge is 0.491 e. The van der Waals surface area contributed by atoms with Crippen LogP contribution in [0.5, 0.6) is 5.75 Å². The Hall–Kier alpha value is -1.26. The molecule has 1 heterocycles. The number of benzene rings is 1. The first-order valence-corrected chi connectivity index (χ1v) is 7.82. The monoisotopic (exact) mass is 310 g/mol. The second-order valence-corrected chi connectivity index (χ2v) is 6.27. The smallest absolute Gasteiger partial charge is 0.223 e. The summed E-state index contributed by atoms with van der Waals surface area (Å²) in [5.74, 6) is 0.652. The van der Waals surface area contributed by atoms with Gasteiger partial charge in [0.25, 0.3) is 0 Å². The standard InChI is InChI=1S/C16H23ClN2O2/c1-16(7-9-18-10-8-16)12-19-15(20)6-11-21-14-5-3-2-4-13(14)17/h2-5,18H,6-12H2,1H3,(H,19,20). The lowest BCUT2D eigenvalue weighted by Gasteiger charge is -2.34. The van der Waals surface area contributed by atoms with Gasteiger partial charge >= 0.3 is 0 Å². The average molecular weight is 311 g/mol. The number of halogens is 1. The van der Waals surface area contributed by atoms with E-state index in [1.165, 1.54) is 0 Å². The van der Waals surface area contributed by atoms with Crippen molar-refractivity contribution in [2.45, 2.75) is 26.2 Å². The number of para-hydroxylation sites is 1. The van der Waals surface area contributed by atoms with Gasteiger partial charge in [0.1, 0.15) is 5.75 Å². The fourth-order valence-corrected chi connectivity index (χ4v) is 2.61. The molecule has 0 radical (unpaired) electrons. The van der Waals surface area contributed by atoms with Crippen LogP contribution in [0.15, 0.2) is 24.3 Å². The molecule has 0 aliphatic carbocycles. The van der Waals surface area contributed by atoms with Crippen LogP contribution in [0.25, 0.3) is 0 Å². The van der Waals surface area contributed by atoms with Crippen LogP contribution in [0.1, 0.15) is 26.2 Å². The fourth-order valence-electron chi connectivity index (χ4n) is 2.42. The number of ether oxygens (including phenoxy) is 1. The van der Waals surface area contributed by atoms with Gasteiger partial charge in [-0.25, -0.2) is 0 Å². The third kappa shape index (κ3) is 5.21. The first-order valence-electron chi connectivity index (χ1n) is 7.44. The zero-order chi connectivity index (χ0) is 15.1. The molecule has 0 unspecified atom stereocenters. The topological polar surface area (TPSA) is 50.4 Å². The van der Waals surface area contributed by atoms with Gasteiger partial charge in [-0.2, -0.15) is 0 Å². The quantitative estimate of drug-likeness (QED) is 0.849. The van der Waals surface area contributed by atoms with Crippen LogP contribution in [-0.2, 0) is 4.79 Å². The van der Waals surface area contributed by atoms with E-state index >= 15 is 0 Å². The highest BCUT2D eigenvalue weighted by atomic mass is 35.5. The number of rotatable bonds is 6. The summed E-state index contributed by atoms with van der Waals surface area (Å²) in [6.45, 7) is 5.37. The van der Waals surface area contributed by atoms with Crippen molar-refractivity contribution in [1.82, 2.24) is 10.6 Å². The lowest BCUT2D eigenvalue weighted by atomic mass is 9.81. The number of hydrogen-bond acceptors (Lipinski definition) is 3. The van der Waals surface area contributed by atoms with Crippen LogP contribution in [0.4, 0.5) is 0 Å². The van der Waals surface area contributed by atoms with Crippen LogP contribution in [-0.4, -0.2) is 32.1 Å². The molecular formula is C16H23ClN2O2. The van der Waals surface area contributed by atoms with E-state index in [9.17, 15) is 4.79 Å². The Balaban J connectivity index is 1.67. The van der Waals surface area contributed by atoms with E-state index in [2.05, 4.69) is 17.6 Å². The van der Waals surface area contributed by atoms with E-state index in [-0.39, 0.29) is 11.3 Å². The third-order valence-corrected chi connectivity index (χ3v) is 4.26. The molecular weight excluding hydrogens is 288 g/mol. The maximum atomic E-state index is 11.9. The summed E-state index contributed by atoms with van der Waals surface area (Å²) in [7, 11) is 0. The van der Waals surface area contributed by atoms with Crippen molar-refractivity contribution in [2.24, 2.45) is 5.41 Å². The van der Waals surface area contributed by atoms with Crippen LogP contribution >= 0.6 is 11.6 Å². The van der Waals surface area contributed by atoms with Crippen molar-refractivity contribution >= 4 is 17.5 Å². The predicted molar refractivity (Wildman–Crippen MR) is 84.8 cm³/mol. The highest BCUT2D eigenvalue weighted by Crippen LogP contribution is 2.26. The van der Waals surface area contributed by atoms with Gasteiger partial charge in [0, 0.05) is 6.54 Å². The molecule has 116 valence electrons. The summed E-state index contributed by atoms with van der Waals surface area (Å²) in [6, 6.07) is 7.28. The van der Waals surface area contributed by atoms with Gasteiger partial charge in [0.15, 0.2) is 0 Å². The predicted octanol–water partition coefficient (Wildman–Crippen LogP) is 2.61. The van der Waals surface area contributed by atoms with E-state index in [0.29, 0.717) is 23.8 Å². The summed E-state index contributed by atoms with van der Waals surface area (Å²) >= 11 is 5.99. The van der Waals surface area contributed by atoms with E-state index in [1.54, 1.807) is 12.1 Å².